The molecule has 0 bridgehead atoms. The summed E-state index contributed by atoms with van der Waals surface area (Å²) in [6.07, 6.45) is 6.42. The summed E-state index contributed by atoms with van der Waals surface area (Å²) in [5.41, 5.74) is 1.69. The first-order valence-electron chi connectivity index (χ1n) is 7.02. The van der Waals surface area contributed by atoms with Crippen LogP contribution in [-0.2, 0) is 0 Å². The molecule has 0 saturated heterocycles. The summed E-state index contributed by atoms with van der Waals surface area (Å²) >= 11 is 6.02. The van der Waals surface area contributed by atoms with Crippen LogP contribution in [0.4, 0.5) is 11.8 Å². The molecule has 1 aromatic rings. The van der Waals surface area contributed by atoms with Crippen LogP contribution in [0.5, 0.6) is 0 Å². The van der Waals surface area contributed by atoms with Crippen LogP contribution in [0.3, 0.4) is 0 Å². The van der Waals surface area contributed by atoms with Gasteiger partial charge in [0, 0.05) is 6.54 Å². The molecule has 2 rings (SSSR count). The molecule has 0 aliphatic heterocycles. The largest absolute Gasteiger partial charge is 0.388 e. The van der Waals surface area contributed by atoms with Gasteiger partial charge in [0.15, 0.2) is 5.82 Å². The van der Waals surface area contributed by atoms with Gasteiger partial charge in [-0.3, -0.25) is 5.43 Å². The van der Waals surface area contributed by atoms with Crippen molar-refractivity contribution in [2.24, 2.45) is 11.8 Å². The van der Waals surface area contributed by atoms with Crippen LogP contribution in [0.1, 0.15) is 39.0 Å². The summed E-state index contributed by atoms with van der Waals surface area (Å²) in [5.74, 6) is 6.79. The number of nitrogens with zero attached hydrogens (tertiary/aromatic N) is 2. The molecule has 0 radical (unpaired) electrons. The quantitative estimate of drug-likeness (QED) is 0.491. The molecular weight excluding hydrogens is 278 g/mol. The third kappa shape index (κ3) is 3.71. The Hall–Kier alpha value is -1.11. The highest BCUT2D eigenvalue weighted by Gasteiger charge is 2.32. The van der Waals surface area contributed by atoms with Crippen molar-refractivity contribution in [3.63, 3.8) is 0 Å². The van der Waals surface area contributed by atoms with Gasteiger partial charge in [0.1, 0.15) is 5.02 Å². The molecule has 0 atom stereocenters. The first-order valence-corrected chi connectivity index (χ1v) is 7.39. The average molecular weight is 300 g/mol. The summed E-state index contributed by atoms with van der Waals surface area (Å²) in [6, 6.07) is 0. The van der Waals surface area contributed by atoms with E-state index in [1.165, 1.54) is 12.6 Å². The normalized spacial score (nSPS) is 26.3. The van der Waals surface area contributed by atoms with Crippen molar-refractivity contribution in [2.75, 3.05) is 17.3 Å². The molecule has 1 heterocycles. The molecule has 5 N–H and O–H groups in total. The lowest BCUT2D eigenvalue weighted by molar-refractivity contribution is 0.00223. The average Bonchev–Trinajstić information content (AvgIpc) is 2.47. The van der Waals surface area contributed by atoms with Crippen molar-refractivity contribution in [3.05, 3.63) is 11.2 Å². The summed E-state index contributed by atoms with van der Waals surface area (Å²) in [7, 11) is 0. The van der Waals surface area contributed by atoms with Crippen LogP contribution in [0, 0.1) is 5.92 Å². The molecule has 20 heavy (non-hydrogen) atoms. The van der Waals surface area contributed by atoms with Gasteiger partial charge in [-0.05, 0) is 31.6 Å². The monoisotopic (exact) mass is 299 g/mol. The topological polar surface area (TPSA) is 96.1 Å². The fourth-order valence-corrected chi connectivity index (χ4v) is 2.77. The Balaban J connectivity index is 1.95. The SMILES string of the molecule is CCC1CCC(O)(CNc2nc(NN)ncc2Cl)CC1. The second-order valence-corrected chi connectivity index (χ2v) is 5.87. The lowest BCUT2D eigenvalue weighted by Crippen LogP contribution is -2.40. The van der Waals surface area contributed by atoms with Gasteiger partial charge in [-0.2, -0.15) is 4.98 Å². The third-order valence-electron chi connectivity index (χ3n) is 4.07. The molecule has 1 saturated carbocycles. The number of hydrogen-bond donors (Lipinski definition) is 4. The lowest BCUT2D eigenvalue weighted by Gasteiger charge is -2.36. The van der Waals surface area contributed by atoms with E-state index in [1.807, 2.05) is 0 Å². The Morgan fingerprint density at radius 2 is 2.20 bits per heavy atom. The smallest absolute Gasteiger partial charge is 0.239 e. The fourth-order valence-electron chi connectivity index (χ4n) is 2.61. The van der Waals surface area contributed by atoms with Crippen molar-refractivity contribution in [3.8, 4) is 0 Å². The number of halogens is 1. The van der Waals surface area contributed by atoms with Crippen molar-refractivity contribution in [2.45, 2.75) is 44.6 Å². The zero-order valence-electron chi connectivity index (χ0n) is 11.7. The number of nitrogen functional groups attached to an aromatic ring is 1. The van der Waals surface area contributed by atoms with Gasteiger partial charge in [-0.15, -0.1) is 0 Å². The van der Waals surface area contributed by atoms with Crippen LogP contribution in [-0.4, -0.2) is 27.2 Å². The maximum atomic E-state index is 10.6. The Labute approximate surface area is 124 Å². The standard InChI is InChI=1S/C13H22ClN5O/c1-2-9-3-5-13(20,6-4-9)8-17-11-10(14)7-16-12(18-11)19-15/h7,9,20H,2-6,8,15H2,1H3,(H2,16,17,18,19). The second kappa shape index (κ2) is 6.56. The van der Waals surface area contributed by atoms with Crippen molar-refractivity contribution >= 4 is 23.4 Å². The van der Waals surface area contributed by atoms with E-state index in [4.69, 9.17) is 17.4 Å². The molecule has 0 aromatic carbocycles. The molecule has 1 fully saturated rings. The van der Waals surface area contributed by atoms with Gasteiger partial charge in [-0.25, -0.2) is 10.8 Å². The van der Waals surface area contributed by atoms with Gasteiger partial charge in [0.2, 0.25) is 5.95 Å². The Morgan fingerprint density at radius 3 is 2.80 bits per heavy atom. The second-order valence-electron chi connectivity index (χ2n) is 5.46. The number of hydrogen-bond acceptors (Lipinski definition) is 6. The van der Waals surface area contributed by atoms with E-state index < -0.39 is 5.60 Å². The molecule has 1 aromatic heterocycles. The molecular formula is C13H22ClN5O. The highest BCUT2D eigenvalue weighted by Crippen LogP contribution is 2.34. The number of nitrogens with two attached hydrogens (primary N) is 1. The van der Waals surface area contributed by atoms with Crippen molar-refractivity contribution in [1.29, 1.82) is 0 Å². The summed E-state index contributed by atoms with van der Waals surface area (Å²) in [6.45, 7) is 2.64. The van der Waals surface area contributed by atoms with E-state index in [-0.39, 0.29) is 0 Å². The van der Waals surface area contributed by atoms with Crippen LogP contribution in [0.25, 0.3) is 0 Å². The summed E-state index contributed by atoms with van der Waals surface area (Å²) < 4.78 is 0. The highest BCUT2D eigenvalue weighted by molar-refractivity contribution is 6.32. The van der Waals surface area contributed by atoms with E-state index in [1.54, 1.807) is 0 Å². The fraction of sp³-hybridized carbons (Fsp3) is 0.692. The third-order valence-corrected chi connectivity index (χ3v) is 4.35. The minimum Gasteiger partial charge on any atom is -0.388 e. The van der Waals surface area contributed by atoms with Gasteiger partial charge in [0.05, 0.1) is 11.8 Å². The van der Waals surface area contributed by atoms with E-state index >= 15 is 0 Å². The van der Waals surface area contributed by atoms with Crippen LogP contribution < -0.4 is 16.6 Å². The van der Waals surface area contributed by atoms with Gasteiger partial charge < -0.3 is 10.4 Å². The Bertz CT molecular complexity index is 448. The lowest BCUT2D eigenvalue weighted by atomic mass is 9.78. The van der Waals surface area contributed by atoms with Gasteiger partial charge in [0.25, 0.3) is 0 Å². The van der Waals surface area contributed by atoms with E-state index in [0.29, 0.717) is 23.3 Å². The van der Waals surface area contributed by atoms with E-state index in [0.717, 1.165) is 31.6 Å². The van der Waals surface area contributed by atoms with E-state index in [9.17, 15) is 5.11 Å². The van der Waals surface area contributed by atoms with Crippen molar-refractivity contribution in [1.82, 2.24) is 9.97 Å². The molecule has 6 nitrogen and oxygen atoms in total. The van der Waals surface area contributed by atoms with Crippen LogP contribution in [0.2, 0.25) is 5.02 Å². The number of rotatable bonds is 5. The molecule has 7 heteroatoms. The number of hydrazine groups is 1. The van der Waals surface area contributed by atoms with E-state index in [2.05, 4.69) is 27.6 Å². The van der Waals surface area contributed by atoms with Gasteiger partial charge >= 0.3 is 0 Å². The Morgan fingerprint density at radius 1 is 1.50 bits per heavy atom. The number of aromatic nitrogens is 2. The molecule has 1 aliphatic rings. The predicted octanol–water partition coefficient (Wildman–Crippen LogP) is 2.16. The number of aliphatic hydroxyl groups is 1. The molecule has 0 spiro atoms. The van der Waals surface area contributed by atoms with Crippen LogP contribution >= 0.6 is 11.6 Å². The Kier molecular flexibility index (Phi) is 5.01. The number of anilines is 2. The molecule has 0 unspecified atom stereocenters. The minimum atomic E-state index is -0.684. The summed E-state index contributed by atoms with van der Waals surface area (Å²) in [5, 5.41) is 14.1. The minimum absolute atomic E-state index is 0.290. The first kappa shape index (κ1) is 15.3. The molecule has 0 amide bonds. The predicted molar refractivity (Wildman–Crippen MR) is 80.5 cm³/mol. The maximum Gasteiger partial charge on any atom is 0.239 e. The van der Waals surface area contributed by atoms with Crippen molar-refractivity contribution < 1.29 is 5.11 Å². The highest BCUT2D eigenvalue weighted by atomic mass is 35.5. The molecule has 1 aliphatic carbocycles. The molecule has 112 valence electrons. The zero-order valence-corrected chi connectivity index (χ0v) is 12.5. The first-order chi connectivity index (χ1) is 9.56. The summed E-state index contributed by atoms with van der Waals surface area (Å²) in [4.78, 5) is 8.04. The van der Waals surface area contributed by atoms with Crippen LogP contribution in [0.15, 0.2) is 6.20 Å². The number of nitrogens with one attached hydrogen (secondary N) is 2. The zero-order chi connectivity index (χ0) is 14.6. The maximum absolute atomic E-state index is 10.6. The van der Waals surface area contributed by atoms with Gasteiger partial charge in [-0.1, -0.05) is 24.9 Å².